The molecule has 0 spiro atoms. The second-order valence-electron chi connectivity index (χ2n) is 6.13. The van der Waals surface area contributed by atoms with Gasteiger partial charge in [-0.15, -0.1) is 0 Å². The number of aryl methyl sites for hydroxylation is 1. The summed E-state index contributed by atoms with van der Waals surface area (Å²) >= 11 is 0. The Labute approximate surface area is 137 Å². The Morgan fingerprint density at radius 3 is 2.87 bits per heavy atom. The first-order valence-electron chi connectivity index (χ1n) is 8.11. The molecule has 3 rings (SSSR count). The molecule has 1 aromatic carbocycles. The number of pyridine rings is 1. The molecule has 2 heterocycles. The summed E-state index contributed by atoms with van der Waals surface area (Å²) in [6, 6.07) is 11.7. The standard InChI is InChI=1S/C19H22N2O2/c1-15-6-8-18(9-7-15)23-14-16-4-3-11-21(13-16)19(22)17-5-2-10-20-12-17/h2,5-10,12,16H,3-4,11,13-14H2,1H3. The van der Waals surface area contributed by atoms with Crippen LogP contribution < -0.4 is 4.74 Å². The van der Waals surface area contributed by atoms with Gasteiger partial charge >= 0.3 is 0 Å². The Balaban J connectivity index is 1.56. The van der Waals surface area contributed by atoms with Gasteiger partial charge in [0.15, 0.2) is 0 Å². The van der Waals surface area contributed by atoms with Crippen LogP contribution in [0.3, 0.4) is 0 Å². The largest absolute Gasteiger partial charge is 0.493 e. The summed E-state index contributed by atoms with van der Waals surface area (Å²) in [5.41, 5.74) is 1.89. The smallest absolute Gasteiger partial charge is 0.255 e. The van der Waals surface area contributed by atoms with Crippen molar-refractivity contribution in [3.8, 4) is 5.75 Å². The van der Waals surface area contributed by atoms with Gasteiger partial charge in [-0.25, -0.2) is 0 Å². The highest BCUT2D eigenvalue weighted by Crippen LogP contribution is 2.20. The molecule has 2 aromatic rings. The van der Waals surface area contributed by atoms with Crippen LogP contribution in [0.1, 0.15) is 28.8 Å². The van der Waals surface area contributed by atoms with Crippen molar-refractivity contribution in [1.29, 1.82) is 0 Å². The molecule has 1 saturated heterocycles. The van der Waals surface area contributed by atoms with Gasteiger partial charge in [-0.05, 0) is 44.0 Å². The summed E-state index contributed by atoms with van der Waals surface area (Å²) in [4.78, 5) is 18.5. The highest BCUT2D eigenvalue weighted by Gasteiger charge is 2.25. The molecular formula is C19H22N2O2. The van der Waals surface area contributed by atoms with Crippen molar-refractivity contribution in [2.75, 3.05) is 19.7 Å². The van der Waals surface area contributed by atoms with E-state index in [9.17, 15) is 4.79 Å². The van der Waals surface area contributed by atoms with Crippen LogP contribution in [0.25, 0.3) is 0 Å². The number of hydrogen-bond acceptors (Lipinski definition) is 3. The molecule has 0 N–H and O–H groups in total. The number of rotatable bonds is 4. The van der Waals surface area contributed by atoms with Gasteiger partial charge in [0.1, 0.15) is 5.75 Å². The monoisotopic (exact) mass is 310 g/mol. The van der Waals surface area contributed by atoms with Crippen LogP contribution in [0.5, 0.6) is 5.75 Å². The zero-order chi connectivity index (χ0) is 16.1. The number of aromatic nitrogens is 1. The molecule has 1 amide bonds. The summed E-state index contributed by atoms with van der Waals surface area (Å²) in [5.74, 6) is 1.34. The van der Waals surface area contributed by atoms with Gasteiger partial charge in [-0.3, -0.25) is 9.78 Å². The van der Waals surface area contributed by atoms with Crippen molar-refractivity contribution in [1.82, 2.24) is 9.88 Å². The number of hydrogen-bond donors (Lipinski definition) is 0. The second-order valence-corrected chi connectivity index (χ2v) is 6.13. The Hall–Kier alpha value is -2.36. The van der Waals surface area contributed by atoms with Crippen molar-refractivity contribution in [2.24, 2.45) is 5.92 Å². The number of ether oxygens (including phenoxy) is 1. The van der Waals surface area contributed by atoms with E-state index in [1.807, 2.05) is 23.1 Å². The summed E-state index contributed by atoms with van der Waals surface area (Å²) in [6.07, 6.45) is 5.44. The first-order chi connectivity index (χ1) is 11.2. The summed E-state index contributed by atoms with van der Waals surface area (Å²) in [5, 5.41) is 0. The number of carbonyl (C=O) groups excluding carboxylic acids is 1. The van der Waals surface area contributed by atoms with Crippen LogP contribution in [-0.4, -0.2) is 35.5 Å². The van der Waals surface area contributed by atoms with Crippen LogP contribution >= 0.6 is 0 Å². The molecule has 23 heavy (non-hydrogen) atoms. The summed E-state index contributed by atoms with van der Waals surface area (Å²) in [7, 11) is 0. The Kier molecular flexibility index (Phi) is 4.91. The zero-order valence-corrected chi connectivity index (χ0v) is 13.4. The number of likely N-dealkylation sites (tertiary alicyclic amines) is 1. The SMILES string of the molecule is Cc1ccc(OCC2CCCN(C(=O)c3cccnc3)C2)cc1. The molecule has 4 nitrogen and oxygen atoms in total. The molecule has 1 aromatic heterocycles. The van der Waals surface area contributed by atoms with E-state index in [2.05, 4.69) is 24.0 Å². The number of piperidine rings is 1. The third-order valence-electron chi connectivity index (χ3n) is 4.22. The fraction of sp³-hybridized carbons (Fsp3) is 0.368. The third kappa shape index (κ3) is 4.09. The molecule has 120 valence electrons. The van der Waals surface area contributed by atoms with Crippen molar-refractivity contribution < 1.29 is 9.53 Å². The predicted octanol–water partition coefficient (Wildman–Crippen LogP) is 3.32. The van der Waals surface area contributed by atoms with E-state index in [-0.39, 0.29) is 5.91 Å². The molecule has 0 saturated carbocycles. The second kappa shape index (κ2) is 7.27. The van der Waals surface area contributed by atoms with E-state index < -0.39 is 0 Å². The third-order valence-corrected chi connectivity index (χ3v) is 4.22. The highest BCUT2D eigenvalue weighted by molar-refractivity contribution is 5.93. The number of carbonyl (C=O) groups is 1. The van der Waals surface area contributed by atoms with Crippen molar-refractivity contribution >= 4 is 5.91 Å². The average molecular weight is 310 g/mol. The van der Waals surface area contributed by atoms with E-state index in [1.165, 1.54) is 5.56 Å². The molecule has 1 atom stereocenters. The molecule has 1 fully saturated rings. The molecule has 1 unspecified atom stereocenters. The van der Waals surface area contributed by atoms with E-state index in [4.69, 9.17) is 4.74 Å². The van der Waals surface area contributed by atoms with Crippen LogP contribution in [0.2, 0.25) is 0 Å². The maximum Gasteiger partial charge on any atom is 0.255 e. The fourth-order valence-corrected chi connectivity index (χ4v) is 2.91. The number of amides is 1. The lowest BCUT2D eigenvalue weighted by atomic mass is 9.98. The molecule has 0 radical (unpaired) electrons. The molecule has 1 aliphatic rings. The van der Waals surface area contributed by atoms with E-state index >= 15 is 0 Å². The van der Waals surface area contributed by atoms with E-state index in [0.717, 1.165) is 31.7 Å². The first-order valence-corrected chi connectivity index (χ1v) is 8.11. The Morgan fingerprint density at radius 2 is 2.13 bits per heavy atom. The van der Waals surface area contributed by atoms with Gasteiger partial charge in [0.25, 0.3) is 5.91 Å². The summed E-state index contributed by atoms with van der Waals surface area (Å²) < 4.78 is 5.88. The van der Waals surface area contributed by atoms with Crippen LogP contribution in [0.15, 0.2) is 48.8 Å². The molecule has 0 aliphatic carbocycles. The minimum Gasteiger partial charge on any atom is -0.493 e. The van der Waals surface area contributed by atoms with Crippen molar-refractivity contribution in [3.63, 3.8) is 0 Å². The van der Waals surface area contributed by atoms with Gasteiger partial charge in [0.2, 0.25) is 0 Å². The van der Waals surface area contributed by atoms with Crippen LogP contribution in [0.4, 0.5) is 0 Å². The van der Waals surface area contributed by atoms with Gasteiger partial charge < -0.3 is 9.64 Å². The maximum atomic E-state index is 12.5. The minimum atomic E-state index is 0.0677. The lowest BCUT2D eigenvalue weighted by Crippen LogP contribution is -2.41. The lowest BCUT2D eigenvalue weighted by Gasteiger charge is -2.32. The topological polar surface area (TPSA) is 42.4 Å². The van der Waals surface area contributed by atoms with Gasteiger partial charge in [0.05, 0.1) is 12.2 Å². The van der Waals surface area contributed by atoms with Crippen LogP contribution in [-0.2, 0) is 0 Å². The van der Waals surface area contributed by atoms with E-state index in [1.54, 1.807) is 18.5 Å². The molecule has 0 bridgehead atoms. The predicted molar refractivity (Wildman–Crippen MR) is 89.5 cm³/mol. The minimum absolute atomic E-state index is 0.0677. The zero-order valence-electron chi connectivity index (χ0n) is 13.4. The quantitative estimate of drug-likeness (QED) is 0.870. The molecular weight excluding hydrogens is 288 g/mol. The van der Waals surface area contributed by atoms with Gasteiger partial charge in [0, 0.05) is 31.4 Å². The van der Waals surface area contributed by atoms with Gasteiger partial charge in [-0.2, -0.15) is 0 Å². The first kappa shape index (κ1) is 15.5. The van der Waals surface area contributed by atoms with Crippen LogP contribution in [0, 0.1) is 12.8 Å². The Morgan fingerprint density at radius 1 is 1.30 bits per heavy atom. The summed E-state index contributed by atoms with van der Waals surface area (Å²) in [6.45, 7) is 4.28. The lowest BCUT2D eigenvalue weighted by molar-refractivity contribution is 0.0633. The highest BCUT2D eigenvalue weighted by atomic mass is 16.5. The number of nitrogens with zero attached hydrogens (tertiary/aromatic N) is 2. The Bertz CT molecular complexity index is 640. The van der Waals surface area contributed by atoms with Crippen molar-refractivity contribution in [2.45, 2.75) is 19.8 Å². The molecule has 4 heteroatoms. The van der Waals surface area contributed by atoms with Gasteiger partial charge in [-0.1, -0.05) is 17.7 Å². The van der Waals surface area contributed by atoms with Crippen molar-refractivity contribution in [3.05, 3.63) is 59.9 Å². The maximum absolute atomic E-state index is 12.5. The average Bonchev–Trinajstić information content (AvgIpc) is 2.61. The normalized spacial score (nSPS) is 17.8. The fourth-order valence-electron chi connectivity index (χ4n) is 2.91. The molecule has 1 aliphatic heterocycles. The van der Waals surface area contributed by atoms with E-state index in [0.29, 0.717) is 18.1 Å². The number of benzene rings is 1.